The quantitative estimate of drug-likeness (QED) is 0.822. The molecule has 1 aromatic heterocycles. The van der Waals surface area contributed by atoms with Crippen LogP contribution >= 0.6 is 0 Å². The highest BCUT2D eigenvalue weighted by Gasteiger charge is 2.38. The smallest absolute Gasteiger partial charge is 0.410 e. The minimum atomic E-state index is -0.520. The molecule has 1 aromatic rings. The second-order valence-electron chi connectivity index (χ2n) is 7.52. The largest absolute Gasteiger partial charge is 0.444 e. The second kappa shape index (κ2) is 6.07. The van der Waals surface area contributed by atoms with Crippen LogP contribution in [-0.4, -0.2) is 62.5 Å². The van der Waals surface area contributed by atoms with Gasteiger partial charge >= 0.3 is 6.09 Å². The van der Waals surface area contributed by atoms with E-state index in [1.54, 1.807) is 20.7 Å². The van der Waals surface area contributed by atoms with Crippen molar-refractivity contribution in [3.05, 3.63) is 11.9 Å². The SMILES string of the molecule is CN1CCCC(n2cc(C3CCN3C(=O)OC(C)(C)C)nn2)C1=O. The first-order valence-corrected chi connectivity index (χ1v) is 8.42. The molecule has 2 amide bonds. The number of carbonyl (C=O) groups is 2. The van der Waals surface area contributed by atoms with Crippen LogP contribution in [0.4, 0.5) is 4.79 Å². The van der Waals surface area contributed by atoms with E-state index in [1.165, 1.54) is 0 Å². The van der Waals surface area contributed by atoms with Crippen LogP contribution in [-0.2, 0) is 9.53 Å². The predicted octanol–water partition coefficient (Wildman–Crippen LogP) is 1.75. The minimum absolute atomic E-state index is 0.0651. The molecule has 8 nitrogen and oxygen atoms in total. The van der Waals surface area contributed by atoms with Gasteiger partial charge in [-0.3, -0.25) is 9.69 Å². The van der Waals surface area contributed by atoms with E-state index in [0.29, 0.717) is 12.2 Å². The maximum Gasteiger partial charge on any atom is 0.410 e. The molecule has 2 aliphatic rings. The fraction of sp³-hybridized carbons (Fsp3) is 0.750. The van der Waals surface area contributed by atoms with Gasteiger partial charge < -0.3 is 9.64 Å². The Bertz CT molecular complexity index is 636. The van der Waals surface area contributed by atoms with E-state index in [2.05, 4.69) is 10.3 Å². The predicted molar refractivity (Wildman–Crippen MR) is 86.2 cm³/mol. The van der Waals surface area contributed by atoms with Crippen molar-refractivity contribution in [3.8, 4) is 0 Å². The fourth-order valence-electron chi connectivity index (χ4n) is 3.08. The Kier molecular flexibility index (Phi) is 4.23. The van der Waals surface area contributed by atoms with E-state index >= 15 is 0 Å². The van der Waals surface area contributed by atoms with E-state index in [4.69, 9.17) is 4.74 Å². The van der Waals surface area contributed by atoms with Crippen molar-refractivity contribution in [2.45, 2.75) is 57.7 Å². The Labute approximate surface area is 141 Å². The lowest BCUT2D eigenvalue weighted by molar-refractivity contribution is -0.136. The number of likely N-dealkylation sites (tertiary alicyclic amines) is 2. The molecule has 0 N–H and O–H groups in total. The lowest BCUT2D eigenvalue weighted by atomic mass is 10.0. The van der Waals surface area contributed by atoms with Gasteiger partial charge in [0.15, 0.2) is 0 Å². The summed E-state index contributed by atoms with van der Waals surface area (Å²) in [5, 5.41) is 8.33. The summed E-state index contributed by atoms with van der Waals surface area (Å²) >= 11 is 0. The molecular formula is C16H25N5O3. The van der Waals surface area contributed by atoms with Crippen molar-refractivity contribution in [2.24, 2.45) is 0 Å². The van der Waals surface area contributed by atoms with Crippen LogP contribution in [0.5, 0.6) is 0 Å². The number of rotatable bonds is 2. The molecule has 0 aromatic carbocycles. The summed E-state index contributed by atoms with van der Waals surface area (Å²) in [6.07, 6.45) is 4.02. The van der Waals surface area contributed by atoms with Gasteiger partial charge in [-0.2, -0.15) is 0 Å². The van der Waals surface area contributed by atoms with Crippen molar-refractivity contribution in [3.63, 3.8) is 0 Å². The summed E-state index contributed by atoms with van der Waals surface area (Å²) in [6.45, 7) is 6.98. The van der Waals surface area contributed by atoms with Gasteiger partial charge in [0.25, 0.3) is 0 Å². The standard InChI is InChI=1S/C16H25N5O3/c1-16(2,3)24-15(23)20-9-7-12(20)11-10-21(18-17-11)13-6-5-8-19(4)14(13)22/h10,12-13H,5-9H2,1-4H3. The summed E-state index contributed by atoms with van der Waals surface area (Å²) in [6, 6.07) is -0.412. The molecule has 2 unspecified atom stereocenters. The molecule has 3 heterocycles. The Morgan fingerprint density at radius 1 is 1.25 bits per heavy atom. The molecule has 2 saturated heterocycles. The summed E-state index contributed by atoms with van der Waals surface area (Å²) in [5.41, 5.74) is 0.196. The van der Waals surface area contributed by atoms with Crippen LogP contribution < -0.4 is 0 Å². The molecule has 0 bridgehead atoms. The number of nitrogens with zero attached hydrogens (tertiary/aromatic N) is 5. The minimum Gasteiger partial charge on any atom is -0.444 e. The van der Waals surface area contributed by atoms with Crippen molar-refractivity contribution in [1.29, 1.82) is 0 Å². The molecule has 2 fully saturated rings. The molecule has 2 aliphatic heterocycles. The number of hydrogen-bond donors (Lipinski definition) is 0. The third kappa shape index (κ3) is 3.22. The van der Waals surface area contributed by atoms with E-state index in [-0.39, 0.29) is 24.1 Å². The zero-order chi connectivity index (χ0) is 17.5. The van der Waals surface area contributed by atoms with Gasteiger partial charge in [0.2, 0.25) is 5.91 Å². The monoisotopic (exact) mass is 335 g/mol. The van der Waals surface area contributed by atoms with Crippen molar-refractivity contribution in [1.82, 2.24) is 24.8 Å². The van der Waals surface area contributed by atoms with Crippen molar-refractivity contribution >= 4 is 12.0 Å². The van der Waals surface area contributed by atoms with Crippen molar-refractivity contribution in [2.75, 3.05) is 20.1 Å². The van der Waals surface area contributed by atoms with Crippen LogP contribution in [0.15, 0.2) is 6.20 Å². The normalized spacial score (nSPS) is 24.8. The second-order valence-corrected chi connectivity index (χ2v) is 7.52. The molecule has 24 heavy (non-hydrogen) atoms. The van der Waals surface area contributed by atoms with Crippen molar-refractivity contribution < 1.29 is 14.3 Å². The summed E-state index contributed by atoms with van der Waals surface area (Å²) in [4.78, 5) is 27.9. The molecule has 0 saturated carbocycles. The van der Waals surface area contributed by atoms with E-state index in [0.717, 1.165) is 25.8 Å². The first-order valence-electron chi connectivity index (χ1n) is 8.42. The molecule has 132 valence electrons. The molecule has 2 atom stereocenters. The first kappa shape index (κ1) is 16.7. The number of aromatic nitrogens is 3. The van der Waals surface area contributed by atoms with Crippen LogP contribution in [0.1, 0.15) is 57.8 Å². The van der Waals surface area contributed by atoms with Gasteiger partial charge in [0.1, 0.15) is 17.3 Å². The topological polar surface area (TPSA) is 80.6 Å². The van der Waals surface area contributed by atoms with Gasteiger partial charge in [-0.25, -0.2) is 9.48 Å². The number of hydrogen-bond acceptors (Lipinski definition) is 5. The van der Waals surface area contributed by atoms with Gasteiger partial charge in [0, 0.05) is 20.1 Å². The highest BCUT2D eigenvalue weighted by Crippen LogP contribution is 2.34. The fourth-order valence-corrected chi connectivity index (χ4v) is 3.08. The molecule has 0 aliphatic carbocycles. The summed E-state index contributed by atoms with van der Waals surface area (Å²) in [5.74, 6) is 0.0651. The van der Waals surface area contributed by atoms with Crippen LogP contribution in [0.2, 0.25) is 0 Å². The molecule has 8 heteroatoms. The highest BCUT2D eigenvalue weighted by atomic mass is 16.6. The highest BCUT2D eigenvalue weighted by molar-refractivity contribution is 5.80. The first-order chi connectivity index (χ1) is 11.3. The zero-order valence-electron chi connectivity index (χ0n) is 14.7. The van der Waals surface area contributed by atoms with Gasteiger partial charge in [-0.05, 0) is 40.0 Å². The summed E-state index contributed by atoms with van der Waals surface area (Å²) in [7, 11) is 1.81. The van der Waals surface area contributed by atoms with E-state index in [9.17, 15) is 9.59 Å². The Balaban J connectivity index is 1.69. The number of carbonyl (C=O) groups excluding carboxylic acids is 2. The molecule has 0 spiro atoms. The average molecular weight is 335 g/mol. The van der Waals surface area contributed by atoms with Gasteiger partial charge in [-0.15, -0.1) is 5.10 Å². The third-order valence-electron chi connectivity index (χ3n) is 4.47. The number of likely N-dealkylation sites (N-methyl/N-ethyl adjacent to an activating group) is 1. The maximum atomic E-state index is 12.3. The molecule has 3 rings (SSSR count). The maximum absolute atomic E-state index is 12.3. The Hall–Kier alpha value is -2.12. The Morgan fingerprint density at radius 2 is 2.00 bits per heavy atom. The average Bonchev–Trinajstić information content (AvgIpc) is 2.87. The van der Waals surface area contributed by atoms with Crippen LogP contribution in [0.25, 0.3) is 0 Å². The van der Waals surface area contributed by atoms with Crippen LogP contribution in [0.3, 0.4) is 0 Å². The zero-order valence-corrected chi connectivity index (χ0v) is 14.7. The lowest BCUT2D eigenvalue weighted by Crippen LogP contribution is -2.47. The summed E-state index contributed by atoms with van der Waals surface area (Å²) < 4.78 is 7.06. The van der Waals surface area contributed by atoms with Gasteiger partial charge in [0.05, 0.1) is 12.2 Å². The third-order valence-corrected chi connectivity index (χ3v) is 4.47. The molecule has 0 radical (unpaired) electrons. The van der Waals surface area contributed by atoms with Crippen LogP contribution in [0, 0.1) is 0 Å². The van der Waals surface area contributed by atoms with E-state index in [1.807, 2.05) is 27.8 Å². The van der Waals surface area contributed by atoms with E-state index < -0.39 is 5.60 Å². The lowest BCUT2D eigenvalue weighted by Gasteiger charge is -2.40. The Morgan fingerprint density at radius 3 is 2.62 bits per heavy atom. The number of piperidine rings is 1. The number of ether oxygens (including phenoxy) is 1. The number of amides is 2. The van der Waals surface area contributed by atoms with Gasteiger partial charge in [-0.1, -0.05) is 5.21 Å². The molecular weight excluding hydrogens is 310 g/mol.